The standard InChI is InChI=1S/C12H12ClN3O2/c1-18-12(17)10-6-8(13)2-3-11(10)14-7-9-4-5-15-16-9/h2-6,14H,7H2,1H3,(H,15,16). The molecule has 0 fully saturated rings. The number of methoxy groups -OCH3 is 1. The van der Waals surface area contributed by atoms with E-state index in [1.165, 1.54) is 7.11 Å². The van der Waals surface area contributed by atoms with E-state index in [9.17, 15) is 4.79 Å². The van der Waals surface area contributed by atoms with Crippen LogP contribution in [0.4, 0.5) is 5.69 Å². The lowest BCUT2D eigenvalue weighted by atomic mass is 10.1. The molecular weight excluding hydrogens is 254 g/mol. The highest BCUT2D eigenvalue weighted by Crippen LogP contribution is 2.21. The molecule has 0 radical (unpaired) electrons. The zero-order valence-electron chi connectivity index (χ0n) is 9.74. The third kappa shape index (κ3) is 2.81. The van der Waals surface area contributed by atoms with Gasteiger partial charge in [0.2, 0.25) is 0 Å². The summed E-state index contributed by atoms with van der Waals surface area (Å²) in [5.74, 6) is -0.426. The van der Waals surface area contributed by atoms with Gasteiger partial charge in [-0.15, -0.1) is 0 Å². The fourth-order valence-electron chi connectivity index (χ4n) is 1.52. The summed E-state index contributed by atoms with van der Waals surface area (Å²) in [6.45, 7) is 0.533. The van der Waals surface area contributed by atoms with Crippen LogP contribution in [-0.4, -0.2) is 23.3 Å². The molecule has 0 aliphatic rings. The van der Waals surface area contributed by atoms with E-state index < -0.39 is 5.97 Å². The van der Waals surface area contributed by atoms with Gasteiger partial charge in [0.05, 0.1) is 24.9 Å². The largest absolute Gasteiger partial charge is 0.465 e. The van der Waals surface area contributed by atoms with Gasteiger partial charge in [-0.2, -0.15) is 5.10 Å². The Balaban J connectivity index is 2.18. The van der Waals surface area contributed by atoms with E-state index in [1.54, 1.807) is 24.4 Å². The maximum absolute atomic E-state index is 11.6. The smallest absolute Gasteiger partial charge is 0.340 e. The molecule has 5 nitrogen and oxygen atoms in total. The van der Waals surface area contributed by atoms with Crippen LogP contribution >= 0.6 is 11.6 Å². The summed E-state index contributed by atoms with van der Waals surface area (Å²) < 4.78 is 4.71. The molecular formula is C12H12ClN3O2. The number of ether oxygens (including phenoxy) is 1. The fraction of sp³-hybridized carbons (Fsp3) is 0.167. The van der Waals surface area contributed by atoms with Crippen molar-refractivity contribution < 1.29 is 9.53 Å². The number of hydrogen-bond donors (Lipinski definition) is 2. The zero-order chi connectivity index (χ0) is 13.0. The summed E-state index contributed by atoms with van der Waals surface area (Å²) in [5, 5.41) is 10.3. The Morgan fingerprint density at radius 3 is 3.00 bits per heavy atom. The van der Waals surface area contributed by atoms with Crippen LogP contribution in [0.3, 0.4) is 0 Å². The monoisotopic (exact) mass is 265 g/mol. The second kappa shape index (κ2) is 5.55. The summed E-state index contributed by atoms with van der Waals surface area (Å²) >= 11 is 5.87. The average molecular weight is 266 g/mol. The predicted molar refractivity (Wildman–Crippen MR) is 68.7 cm³/mol. The van der Waals surface area contributed by atoms with Crippen LogP contribution in [0.25, 0.3) is 0 Å². The molecule has 0 amide bonds. The maximum atomic E-state index is 11.6. The summed E-state index contributed by atoms with van der Waals surface area (Å²) in [6, 6.07) is 6.87. The molecule has 0 aliphatic carbocycles. The first-order valence-electron chi connectivity index (χ1n) is 5.30. The number of hydrogen-bond acceptors (Lipinski definition) is 4. The molecule has 2 N–H and O–H groups in total. The molecule has 2 rings (SSSR count). The van der Waals surface area contributed by atoms with Crippen molar-refractivity contribution in [1.82, 2.24) is 10.2 Å². The van der Waals surface area contributed by atoms with E-state index in [2.05, 4.69) is 15.5 Å². The van der Waals surface area contributed by atoms with E-state index in [4.69, 9.17) is 16.3 Å². The second-order valence-electron chi connectivity index (χ2n) is 3.62. The number of carbonyl (C=O) groups excluding carboxylic acids is 1. The molecule has 0 spiro atoms. The molecule has 0 aliphatic heterocycles. The first-order chi connectivity index (χ1) is 8.70. The molecule has 0 saturated carbocycles. The van der Waals surface area contributed by atoms with Crippen molar-refractivity contribution in [1.29, 1.82) is 0 Å². The number of benzene rings is 1. The molecule has 94 valence electrons. The van der Waals surface area contributed by atoms with Gasteiger partial charge in [-0.1, -0.05) is 11.6 Å². The number of H-pyrrole nitrogens is 1. The van der Waals surface area contributed by atoms with Crippen LogP contribution in [0.5, 0.6) is 0 Å². The lowest BCUT2D eigenvalue weighted by Gasteiger charge is -2.10. The number of carbonyl (C=O) groups is 1. The number of nitrogens with one attached hydrogen (secondary N) is 2. The van der Waals surface area contributed by atoms with Crippen molar-refractivity contribution in [3.05, 3.63) is 46.7 Å². The minimum Gasteiger partial charge on any atom is -0.465 e. The molecule has 0 atom stereocenters. The third-order valence-electron chi connectivity index (χ3n) is 2.41. The van der Waals surface area contributed by atoms with E-state index in [-0.39, 0.29) is 0 Å². The van der Waals surface area contributed by atoms with Gasteiger partial charge in [0.25, 0.3) is 0 Å². The first-order valence-corrected chi connectivity index (χ1v) is 5.68. The van der Waals surface area contributed by atoms with Gasteiger partial charge >= 0.3 is 5.97 Å². The van der Waals surface area contributed by atoms with Crippen molar-refractivity contribution in [3.8, 4) is 0 Å². The van der Waals surface area contributed by atoms with Crippen LogP contribution in [0.1, 0.15) is 16.1 Å². The van der Waals surface area contributed by atoms with Crippen molar-refractivity contribution in [2.24, 2.45) is 0 Å². The number of anilines is 1. The van der Waals surface area contributed by atoms with Crippen LogP contribution in [0.2, 0.25) is 5.02 Å². The van der Waals surface area contributed by atoms with Crippen molar-refractivity contribution in [3.63, 3.8) is 0 Å². The number of aromatic amines is 1. The van der Waals surface area contributed by atoms with Crippen molar-refractivity contribution in [2.45, 2.75) is 6.54 Å². The van der Waals surface area contributed by atoms with E-state index in [0.29, 0.717) is 22.8 Å². The highest BCUT2D eigenvalue weighted by molar-refractivity contribution is 6.31. The molecule has 6 heteroatoms. The fourth-order valence-corrected chi connectivity index (χ4v) is 1.70. The van der Waals surface area contributed by atoms with Gasteiger partial charge in [0.15, 0.2) is 0 Å². The Morgan fingerprint density at radius 2 is 2.33 bits per heavy atom. The van der Waals surface area contributed by atoms with Gasteiger partial charge < -0.3 is 10.1 Å². The normalized spacial score (nSPS) is 10.1. The quantitative estimate of drug-likeness (QED) is 0.834. The van der Waals surface area contributed by atoms with Gasteiger partial charge in [-0.3, -0.25) is 5.10 Å². The van der Waals surface area contributed by atoms with Gasteiger partial charge in [-0.05, 0) is 24.3 Å². The Hall–Kier alpha value is -2.01. The summed E-state index contributed by atoms with van der Waals surface area (Å²) in [6.07, 6.45) is 1.67. The Morgan fingerprint density at radius 1 is 1.50 bits per heavy atom. The zero-order valence-corrected chi connectivity index (χ0v) is 10.5. The second-order valence-corrected chi connectivity index (χ2v) is 4.05. The van der Waals surface area contributed by atoms with Crippen LogP contribution in [-0.2, 0) is 11.3 Å². The molecule has 0 bridgehead atoms. The lowest BCUT2D eigenvalue weighted by molar-refractivity contribution is 0.0602. The van der Waals surface area contributed by atoms with Crippen LogP contribution < -0.4 is 5.32 Å². The Labute approximate surface area is 109 Å². The molecule has 1 heterocycles. The number of rotatable bonds is 4. The minimum atomic E-state index is -0.426. The summed E-state index contributed by atoms with van der Waals surface area (Å²) in [7, 11) is 1.34. The molecule has 0 saturated heterocycles. The molecule has 18 heavy (non-hydrogen) atoms. The number of aromatic nitrogens is 2. The Bertz CT molecular complexity index is 540. The van der Waals surface area contributed by atoms with Gasteiger partial charge in [-0.25, -0.2) is 4.79 Å². The predicted octanol–water partition coefficient (Wildman–Crippen LogP) is 2.46. The summed E-state index contributed by atoms with van der Waals surface area (Å²) in [5.41, 5.74) is 1.99. The van der Waals surface area contributed by atoms with E-state index >= 15 is 0 Å². The van der Waals surface area contributed by atoms with Crippen molar-refractivity contribution >= 4 is 23.3 Å². The highest BCUT2D eigenvalue weighted by Gasteiger charge is 2.12. The topological polar surface area (TPSA) is 67.0 Å². The first kappa shape index (κ1) is 12.4. The molecule has 1 aromatic heterocycles. The molecule has 2 aromatic rings. The van der Waals surface area contributed by atoms with E-state index in [0.717, 1.165) is 5.69 Å². The van der Waals surface area contributed by atoms with Crippen LogP contribution in [0.15, 0.2) is 30.5 Å². The number of esters is 1. The highest BCUT2D eigenvalue weighted by atomic mass is 35.5. The third-order valence-corrected chi connectivity index (χ3v) is 2.65. The lowest BCUT2D eigenvalue weighted by Crippen LogP contribution is -2.08. The van der Waals surface area contributed by atoms with E-state index in [1.807, 2.05) is 6.07 Å². The molecule has 0 unspecified atom stereocenters. The minimum absolute atomic E-state index is 0.407. The number of halogens is 1. The number of nitrogens with zero attached hydrogens (tertiary/aromatic N) is 1. The van der Waals surface area contributed by atoms with Gasteiger partial charge in [0, 0.05) is 16.9 Å². The van der Waals surface area contributed by atoms with Crippen LogP contribution in [0, 0.1) is 0 Å². The summed E-state index contributed by atoms with van der Waals surface area (Å²) in [4.78, 5) is 11.6. The molecule has 1 aromatic carbocycles. The van der Waals surface area contributed by atoms with Gasteiger partial charge in [0.1, 0.15) is 0 Å². The SMILES string of the molecule is COC(=O)c1cc(Cl)ccc1NCc1ccn[nH]1. The Kier molecular flexibility index (Phi) is 3.84. The van der Waals surface area contributed by atoms with Crippen molar-refractivity contribution in [2.75, 3.05) is 12.4 Å². The average Bonchev–Trinajstić information content (AvgIpc) is 2.89. The maximum Gasteiger partial charge on any atom is 0.340 e.